The molecule has 0 aliphatic carbocycles. The summed E-state index contributed by atoms with van der Waals surface area (Å²) in [6.45, 7) is 6.92. The van der Waals surface area contributed by atoms with Crippen LogP contribution in [-0.4, -0.2) is 16.7 Å². The summed E-state index contributed by atoms with van der Waals surface area (Å²) in [5, 5.41) is 4.07. The minimum absolute atomic E-state index is 0.157. The number of amides is 1. The van der Waals surface area contributed by atoms with Crippen LogP contribution in [0.1, 0.15) is 44.4 Å². The van der Waals surface area contributed by atoms with Crippen LogP contribution in [0.5, 0.6) is 11.5 Å². The second kappa shape index (κ2) is 12.9. The van der Waals surface area contributed by atoms with E-state index in [9.17, 15) is 4.79 Å². The van der Waals surface area contributed by atoms with E-state index in [0.717, 1.165) is 26.1 Å². The van der Waals surface area contributed by atoms with Crippen molar-refractivity contribution in [1.29, 1.82) is 0 Å². The first-order valence-corrected chi connectivity index (χ1v) is 14.2. The second-order valence-corrected chi connectivity index (χ2v) is 10.8. The smallest absolute Gasteiger partial charge is 0.307 e. The molecule has 5 aromatic rings. The van der Waals surface area contributed by atoms with Crippen LogP contribution < -0.4 is 14.9 Å². The summed E-state index contributed by atoms with van der Waals surface area (Å²) in [5.41, 5.74) is 9.10. The van der Waals surface area contributed by atoms with E-state index in [1.54, 1.807) is 18.3 Å². The maximum absolute atomic E-state index is 12.5. The van der Waals surface area contributed by atoms with Gasteiger partial charge in [0.1, 0.15) is 30.5 Å². The van der Waals surface area contributed by atoms with E-state index in [-0.39, 0.29) is 12.4 Å². The summed E-state index contributed by atoms with van der Waals surface area (Å²) in [6, 6.07) is 29.4. The van der Waals surface area contributed by atoms with E-state index in [4.69, 9.17) is 13.9 Å². The topological polar surface area (TPSA) is 78.0 Å². The molecule has 5 rings (SSSR count). The largest absolute Gasteiger partial charge is 0.488 e. The van der Waals surface area contributed by atoms with Crippen molar-refractivity contribution >= 4 is 34.7 Å². The molecule has 2 heterocycles. The van der Waals surface area contributed by atoms with Crippen molar-refractivity contribution < 1.29 is 18.7 Å². The predicted octanol–water partition coefficient (Wildman–Crippen LogP) is 7.52. The maximum Gasteiger partial charge on any atom is 0.307 e. The van der Waals surface area contributed by atoms with Gasteiger partial charge in [0, 0.05) is 17.1 Å². The number of rotatable bonds is 10. The van der Waals surface area contributed by atoms with Gasteiger partial charge in [0.25, 0.3) is 0 Å². The second-order valence-electron chi connectivity index (χ2n) is 9.66. The van der Waals surface area contributed by atoms with E-state index >= 15 is 0 Å². The molecule has 8 heteroatoms. The number of nitrogens with zero attached hydrogens (tertiary/aromatic N) is 2. The van der Waals surface area contributed by atoms with Crippen LogP contribution in [0.3, 0.4) is 0 Å². The SMILES string of the molecule is Cc1ccc(COc2ccc(/C=N/NC(=O)c3ccc(COc4ccc(-n5c(C)ccc5C)cc4)o3)cc2I)cc1. The van der Waals surface area contributed by atoms with Gasteiger partial charge in [-0.15, -0.1) is 0 Å². The summed E-state index contributed by atoms with van der Waals surface area (Å²) in [5.74, 6) is 1.76. The molecule has 0 saturated carbocycles. The van der Waals surface area contributed by atoms with Gasteiger partial charge in [0.05, 0.1) is 9.78 Å². The number of aryl methyl sites for hydroxylation is 3. The third kappa shape index (κ3) is 7.26. The molecule has 3 aromatic carbocycles. The Hall–Kier alpha value is -4.31. The fraction of sp³-hybridized carbons (Fsp3) is 0.152. The number of hydrogen-bond acceptors (Lipinski definition) is 5. The Balaban J connectivity index is 1.10. The Bertz CT molecular complexity index is 1650. The molecule has 208 valence electrons. The molecule has 2 aromatic heterocycles. The van der Waals surface area contributed by atoms with Crippen molar-refractivity contribution in [3.63, 3.8) is 0 Å². The van der Waals surface area contributed by atoms with Crippen LogP contribution in [-0.2, 0) is 13.2 Å². The monoisotopic (exact) mass is 659 g/mol. The summed E-state index contributed by atoms with van der Waals surface area (Å²) >= 11 is 2.23. The van der Waals surface area contributed by atoms with Gasteiger partial charge in [-0.05, 0) is 121 Å². The Morgan fingerprint density at radius 1 is 0.878 bits per heavy atom. The van der Waals surface area contributed by atoms with Crippen molar-refractivity contribution in [2.24, 2.45) is 5.10 Å². The van der Waals surface area contributed by atoms with Gasteiger partial charge in [-0.25, -0.2) is 5.43 Å². The number of carbonyl (C=O) groups excluding carboxylic acids is 1. The molecule has 0 fully saturated rings. The first kappa shape index (κ1) is 28.2. The third-order valence-electron chi connectivity index (χ3n) is 6.48. The molecule has 0 atom stereocenters. The van der Waals surface area contributed by atoms with Crippen molar-refractivity contribution in [1.82, 2.24) is 9.99 Å². The number of nitrogens with one attached hydrogen (secondary N) is 1. The van der Waals surface area contributed by atoms with Crippen LogP contribution in [0.25, 0.3) is 5.69 Å². The van der Waals surface area contributed by atoms with E-state index in [1.165, 1.54) is 17.0 Å². The molecule has 1 amide bonds. The molecular weight excluding hydrogens is 629 g/mol. The van der Waals surface area contributed by atoms with Gasteiger partial charge >= 0.3 is 5.91 Å². The molecule has 0 aliphatic heterocycles. The maximum atomic E-state index is 12.5. The molecule has 0 saturated heterocycles. The predicted molar refractivity (Wildman–Crippen MR) is 168 cm³/mol. The first-order chi connectivity index (χ1) is 19.9. The fourth-order valence-corrected chi connectivity index (χ4v) is 4.97. The third-order valence-corrected chi connectivity index (χ3v) is 7.33. The fourth-order valence-electron chi connectivity index (χ4n) is 4.28. The summed E-state index contributed by atoms with van der Waals surface area (Å²) < 4.78 is 20.6. The number of ether oxygens (including phenoxy) is 2. The van der Waals surface area contributed by atoms with Gasteiger partial charge in [-0.2, -0.15) is 5.10 Å². The molecule has 0 bridgehead atoms. The number of benzene rings is 3. The lowest BCUT2D eigenvalue weighted by Gasteiger charge is -2.10. The van der Waals surface area contributed by atoms with Crippen molar-refractivity contribution in [2.75, 3.05) is 0 Å². The first-order valence-electron chi connectivity index (χ1n) is 13.1. The molecule has 0 radical (unpaired) electrons. The van der Waals surface area contributed by atoms with Gasteiger partial charge in [-0.1, -0.05) is 29.8 Å². The van der Waals surface area contributed by atoms with Gasteiger partial charge < -0.3 is 18.5 Å². The zero-order valence-corrected chi connectivity index (χ0v) is 25.2. The quantitative estimate of drug-likeness (QED) is 0.0956. The number of halogens is 1. The van der Waals surface area contributed by atoms with Crippen LogP contribution >= 0.6 is 22.6 Å². The number of carbonyl (C=O) groups is 1. The van der Waals surface area contributed by atoms with Crippen molar-refractivity contribution in [2.45, 2.75) is 34.0 Å². The molecule has 1 N–H and O–H groups in total. The zero-order valence-electron chi connectivity index (χ0n) is 23.1. The number of hydrazone groups is 1. The van der Waals surface area contributed by atoms with Gasteiger partial charge in [0.2, 0.25) is 0 Å². The highest BCUT2D eigenvalue weighted by atomic mass is 127. The van der Waals surface area contributed by atoms with Crippen molar-refractivity contribution in [3.05, 3.63) is 134 Å². The Labute approximate surface area is 252 Å². The molecule has 41 heavy (non-hydrogen) atoms. The van der Waals surface area contributed by atoms with E-state index in [2.05, 4.69) is 94.9 Å². The molecular formula is C33H30IN3O4. The average molecular weight is 660 g/mol. The number of hydrogen-bond donors (Lipinski definition) is 1. The standard InChI is InChI=1S/C33H30IN3O4/c1-22-4-8-25(9-5-22)20-40-31-16-10-26(18-30(31)34)19-35-36-33(38)32-17-15-29(41-32)21-39-28-13-11-27(12-14-28)37-23(2)6-7-24(37)3/h4-19H,20-21H2,1-3H3,(H,36,38)/b35-19+. The molecule has 0 spiro atoms. The highest BCUT2D eigenvalue weighted by Gasteiger charge is 2.11. The lowest BCUT2D eigenvalue weighted by Crippen LogP contribution is -2.16. The van der Waals surface area contributed by atoms with E-state index in [0.29, 0.717) is 18.1 Å². The molecule has 0 unspecified atom stereocenters. The van der Waals surface area contributed by atoms with Crippen LogP contribution in [0.2, 0.25) is 0 Å². The van der Waals surface area contributed by atoms with Crippen LogP contribution in [0.4, 0.5) is 0 Å². The normalized spacial score (nSPS) is 11.1. The van der Waals surface area contributed by atoms with Crippen molar-refractivity contribution in [3.8, 4) is 17.2 Å². The minimum Gasteiger partial charge on any atom is -0.488 e. The zero-order chi connectivity index (χ0) is 28.8. The van der Waals surface area contributed by atoms with Crippen LogP contribution in [0, 0.1) is 24.3 Å². The number of aromatic nitrogens is 1. The molecule has 7 nitrogen and oxygen atoms in total. The highest BCUT2D eigenvalue weighted by molar-refractivity contribution is 14.1. The number of furan rings is 1. The Morgan fingerprint density at radius 2 is 1.61 bits per heavy atom. The Morgan fingerprint density at radius 3 is 2.32 bits per heavy atom. The Kier molecular flexibility index (Phi) is 8.88. The molecule has 0 aliphatic rings. The lowest BCUT2D eigenvalue weighted by atomic mass is 10.2. The lowest BCUT2D eigenvalue weighted by molar-refractivity contribution is 0.0923. The van der Waals surface area contributed by atoms with E-state index in [1.807, 2.05) is 42.5 Å². The average Bonchev–Trinajstić information content (AvgIpc) is 3.58. The summed E-state index contributed by atoms with van der Waals surface area (Å²) in [7, 11) is 0. The minimum atomic E-state index is -0.443. The van der Waals surface area contributed by atoms with Crippen LogP contribution in [0.15, 0.2) is 101 Å². The summed E-state index contributed by atoms with van der Waals surface area (Å²) in [4.78, 5) is 12.5. The van der Waals surface area contributed by atoms with Gasteiger partial charge in [-0.3, -0.25) is 4.79 Å². The van der Waals surface area contributed by atoms with E-state index < -0.39 is 5.91 Å². The van der Waals surface area contributed by atoms with Gasteiger partial charge in [0.15, 0.2) is 5.76 Å². The highest BCUT2D eigenvalue weighted by Crippen LogP contribution is 2.23. The summed E-state index contributed by atoms with van der Waals surface area (Å²) in [6.07, 6.45) is 1.58.